The van der Waals surface area contributed by atoms with Gasteiger partial charge in [0, 0.05) is 11.3 Å². The summed E-state index contributed by atoms with van der Waals surface area (Å²) in [6.45, 7) is 6.77. The summed E-state index contributed by atoms with van der Waals surface area (Å²) in [5.41, 5.74) is 5.93. The monoisotopic (exact) mass is 93.1 g/mol. The van der Waals surface area contributed by atoms with Gasteiger partial charge >= 0.3 is 0 Å². The fraction of sp³-hybridized carbons (Fsp3) is 0. The van der Waals surface area contributed by atoms with Gasteiger partial charge in [-0.3, -0.25) is 0 Å². The van der Waals surface area contributed by atoms with Crippen LogP contribution in [-0.4, -0.2) is 0 Å². The fourth-order valence-electron chi connectivity index (χ4n) is 0.0927. The molecular formula is C6H7N. The van der Waals surface area contributed by atoms with Gasteiger partial charge in [-0.15, -0.1) is 6.42 Å². The van der Waals surface area contributed by atoms with E-state index in [1.54, 1.807) is 0 Å². The number of hydrogen-bond acceptors (Lipinski definition) is 1. The maximum atomic E-state index is 5.11. The predicted octanol–water partition coefficient (Wildman–Crippen LogP) is 0.648. The van der Waals surface area contributed by atoms with Crippen LogP contribution in [-0.2, 0) is 0 Å². The molecular weight excluding hydrogens is 86.1 g/mol. The highest BCUT2D eigenvalue weighted by Crippen LogP contribution is 1.91. The van der Waals surface area contributed by atoms with E-state index in [4.69, 9.17) is 12.2 Å². The second kappa shape index (κ2) is 2.09. The lowest BCUT2D eigenvalue weighted by molar-refractivity contribution is 1.41. The van der Waals surface area contributed by atoms with E-state index >= 15 is 0 Å². The molecule has 1 heteroatoms. The van der Waals surface area contributed by atoms with E-state index < -0.39 is 0 Å². The third kappa shape index (κ3) is 1.67. The minimum atomic E-state index is 0.363. The number of allylic oxidation sites excluding steroid dienone is 1. The van der Waals surface area contributed by atoms with Crippen LogP contribution in [0, 0.1) is 12.3 Å². The van der Waals surface area contributed by atoms with E-state index in [1.807, 2.05) is 0 Å². The molecule has 0 spiro atoms. The van der Waals surface area contributed by atoms with Crippen LogP contribution in [0.1, 0.15) is 0 Å². The molecule has 1 nitrogen and oxygen atoms in total. The molecule has 0 amide bonds. The van der Waals surface area contributed by atoms with Crippen molar-refractivity contribution in [3.05, 3.63) is 24.4 Å². The summed E-state index contributed by atoms with van der Waals surface area (Å²) in [6, 6.07) is 0. The molecule has 2 N–H and O–H groups in total. The maximum absolute atomic E-state index is 5.11. The Kier molecular flexibility index (Phi) is 1.75. The van der Waals surface area contributed by atoms with Crippen molar-refractivity contribution in [1.29, 1.82) is 0 Å². The van der Waals surface area contributed by atoms with Gasteiger partial charge in [-0.2, -0.15) is 0 Å². The Bertz CT molecular complexity index is 137. The van der Waals surface area contributed by atoms with Crippen molar-refractivity contribution < 1.29 is 0 Å². The maximum Gasteiger partial charge on any atom is 0.0394 e. The Morgan fingerprint density at radius 2 is 2.00 bits per heavy atom. The molecule has 0 saturated carbocycles. The molecule has 0 atom stereocenters. The van der Waals surface area contributed by atoms with Gasteiger partial charge in [-0.1, -0.05) is 19.1 Å². The van der Waals surface area contributed by atoms with Crippen LogP contribution >= 0.6 is 0 Å². The summed E-state index contributed by atoms with van der Waals surface area (Å²) < 4.78 is 0. The van der Waals surface area contributed by atoms with E-state index in [0.29, 0.717) is 11.3 Å². The molecule has 0 aromatic heterocycles. The van der Waals surface area contributed by atoms with Crippen molar-refractivity contribution in [2.24, 2.45) is 5.73 Å². The highest BCUT2D eigenvalue weighted by atomic mass is 14.6. The van der Waals surface area contributed by atoms with E-state index in [0.717, 1.165) is 0 Å². The zero-order valence-electron chi connectivity index (χ0n) is 4.07. The lowest BCUT2D eigenvalue weighted by Gasteiger charge is -1.88. The predicted molar refractivity (Wildman–Crippen MR) is 31.3 cm³/mol. The molecule has 0 aromatic carbocycles. The van der Waals surface area contributed by atoms with Gasteiger partial charge in [0.05, 0.1) is 0 Å². The van der Waals surface area contributed by atoms with Crippen LogP contribution < -0.4 is 5.73 Å². The lowest BCUT2D eigenvalue weighted by atomic mass is 10.3. The van der Waals surface area contributed by atoms with E-state index in [2.05, 4.69) is 19.1 Å². The summed E-state index contributed by atoms with van der Waals surface area (Å²) in [7, 11) is 0. The van der Waals surface area contributed by atoms with Crippen LogP contribution in [0.15, 0.2) is 24.4 Å². The highest BCUT2D eigenvalue weighted by molar-refractivity contribution is 5.37. The summed E-state index contributed by atoms with van der Waals surface area (Å²) >= 11 is 0. The first-order valence-corrected chi connectivity index (χ1v) is 1.78. The quantitative estimate of drug-likeness (QED) is 0.374. The molecule has 0 fully saturated rings. The van der Waals surface area contributed by atoms with Crippen molar-refractivity contribution in [3.8, 4) is 12.3 Å². The molecule has 0 aromatic rings. The Labute approximate surface area is 43.5 Å². The Morgan fingerprint density at radius 3 is 2.00 bits per heavy atom. The van der Waals surface area contributed by atoms with Crippen molar-refractivity contribution in [2.75, 3.05) is 0 Å². The molecule has 0 radical (unpaired) electrons. The van der Waals surface area contributed by atoms with E-state index in [9.17, 15) is 0 Å². The Balaban J connectivity index is 3.90. The van der Waals surface area contributed by atoms with Gasteiger partial charge in [-0.05, 0) is 0 Å². The Morgan fingerprint density at radius 1 is 1.57 bits per heavy atom. The lowest BCUT2D eigenvalue weighted by Crippen LogP contribution is -1.94. The van der Waals surface area contributed by atoms with Gasteiger partial charge in [0.15, 0.2) is 0 Å². The smallest absolute Gasteiger partial charge is 0.0394 e. The zero-order valence-corrected chi connectivity index (χ0v) is 4.07. The molecule has 0 aliphatic rings. The van der Waals surface area contributed by atoms with Gasteiger partial charge < -0.3 is 5.73 Å². The van der Waals surface area contributed by atoms with Crippen LogP contribution in [0.5, 0.6) is 0 Å². The Hall–Kier alpha value is -1.16. The second-order valence-corrected chi connectivity index (χ2v) is 1.15. The molecule has 0 aliphatic heterocycles. The van der Waals surface area contributed by atoms with Gasteiger partial charge in [0.25, 0.3) is 0 Å². The topological polar surface area (TPSA) is 26.0 Å². The zero-order chi connectivity index (χ0) is 5.86. The first kappa shape index (κ1) is 5.84. The minimum absolute atomic E-state index is 0.363. The largest absolute Gasteiger partial charge is 0.398 e. The molecule has 0 aliphatic carbocycles. The van der Waals surface area contributed by atoms with Gasteiger partial charge in [-0.25, -0.2) is 0 Å². The first-order valence-electron chi connectivity index (χ1n) is 1.78. The molecule has 0 unspecified atom stereocenters. The summed E-state index contributed by atoms with van der Waals surface area (Å²) in [6.07, 6.45) is 4.88. The van der Waals surface area contributed by atoms with E-state index in [-0.39, 0.29) is 0 Å². The van der Waals surface area contributed by atoms with Crippen molar-refractivity contribution in [2.45, 2.75) is 0 Å². The normalized spacial score (nSPS) is 6.71. The molecule has 0 rings (SSSR count). The fourth-order valence-corrected chi connectivity index (χ4v) is 0.0927. The third-order valence-electron chi connectivity index (χ3n) is 0.562. The summed E-state index contributed by atoms with van der Waals surface area (Å²) in [4.78, 5) is 0. The second-order valence-electron chi connectivity index (χ2n) is 1.15. The standard InChI is InChI=1S/C6H7N/c1-4-5(2)6(3)7/h1H,2-3,7H2. The number of rotatable bonds is 1. The van der Waals surface area contributed by atoms with Crippen LogP contribution in [0.4, 0.5) is 0 Å². The van der Waals surface area contributed by atoms with Crippen molar-refractivity contribution in [3.63, 3.8) is 0 Å². The van der Waals surface area contributed by atoms with Crippen molar-refractivity contribution >= 4 is 0 Å². The van der Waals surface area contributed by atoms with Crippen LogP contribution in [0.3, 0.4) is 0 Å². The average molecular weight is 93.1 g/mol. The van der Waals surface area contributed by atoms with Crippen LogP contribution in [0.25, 0.3) is 0 Å². The highest BCUT2D eigenvalue weighted by Gasteiger charge is 1.82. The molecule has 36 valence electrons. The number of hydrogen-bond donors (Lipinski definition) is 1. The van der Waals surface area contributed by atoms with Crippen LogP contribution in [0.2, 0.25) is 0 Å². The average Bonchev–Trinajstić information content (AvgIpc) is 1.65. The first-order chi connectivity index (χ1) is 3.18. The van der Waals surface area contributed by atoms with Gasteiger partial charge in [0.2, 0.25) is 0 Å². The summed E-state index contributed by atoms with van der Waals surface area (Å²) in [5, 5.41) is 0. The third-order valence-corrected chi connectivity index (χ3v) is 0.562. The number of terminal acetylenes is 1. The van der Waals surface area contributed by atoms with E-state index in [1.165, 1.54) is 0 Å². The minimum Gasteiger partial charge on any atom is -0.398 e. The molecule has 0 heterocycles. The number of nitrogens with two attached hydrogens (primary N) is 1. The van der Waals surface area contributed by atoms with Crippen molar-refractivity contribution in [1.82, 2.24) is 0 Å². The SMILES string of the molecule is C#CC(=C)C(=C)N. The molecule has 0 bridgehead atoms. The van der Waals surface area contributed by atoms with Gasteiger partial charge in [0.1, 0.15) is 0 Å². The molecule has 0 saturated heterocycles. The summed E-state index contributed by atoms with van der Waals surface area (Å²) in [5.74, 6) is 2.25. The molecule has 7 heavy (non-hydrogen) atoms.